The van der Waals surface area contributed by atoms with Gasteiger partial charge in [-0.05, 0) is 31.4 Å². The van der Waals surface area contributed by atoms with Gasteiger partial charge in [0.05, 0.1) is 24.8 Å². The van der Waals surface area contributed by atoms with Gasteiger partial charge in [-0.15, -0.1) is 24.8 Å². The molecule has 3 heterocycles. The minimum Gasteiger partial charge on any atom is -0.370 e. The van der Waals surface area contributed by atoms with Crippen molar-refractivity contribution in [2.24, 2.45) is 0 Å². The molecular formula is C18H27Cl2N3O2. The predicted molar refractivity (Wildman–Crippen MR) is 103 cm³/mol. The van der Waals surface area contributed by atoms with Crippen LogP contribution in [-0.4, -0.2) is 55.2 Å². The van der Waals surface area contributed by atoms with Crippen molar-refractivity contribution in [3.05, 3.63) is 35.9 Å². The van der Waals surface area contributed by atoms with Gasteiger partial charge in [-0.3, -0.25) is 10.1 Å². The SMILES string of the molecule is Cl.Cl.O=C([C@H]1CC[C@H](c2ccccc2)N1)N1CCOC2(CCNC2)C1. The van der Waals surface area contributed by atoms with Crippen molar-refractivity contribution < 1.29 is 9.53 Å². The first-order valence-electron chi connectivity index (χ1n) is 8.70. The van der Waals surface area contributed by atoms with E-state index in [4.69, 9.17) is 4.74 Å². The molecule has 25 heavy (non-hydrogen) atoms. The van der Waals surface area contributed by atoms with Gasteiger partial charge in [0.25, 0.3) is 0 Å². The monoisotopic (exact) mass is 387 g/mol. The molecule has 3 atom stereocenters. The van der Waals surface area contributed by atoms with E-state index in [0.717, 1.165) is 45.4 Å². The van der Waals surface area contributed by atoms with Gasteiger partial charge in [-0.1, -0.05) is 30.3 Å². The number of nitrogens with zero attached hydrogens (tertiary/aromatic N) is 1. The molecule has 5 nitrogen and oxygen atoms in total. The summed E-state index contributed by atoms with van der Waals surface area (Å²) in [5.74, 6) is 0.248. The molecule has 1 amide bonds. The standard InChI is InChI=1S/C18H25N3O2.2ClH/c22-17(21-10-11-23-18(13-21)8-9-19-12-18)16-7-6-15(20-16)14-4-2-1-3-5-14;;/h1-5,15-16,19-20H,6-13H2;2*1H/t15-,16-,18?;;/m1../s1. The molecule has 1 unspecified atom stereocenters. The predicted octanol–water partition coefficient (Wildman–Crippen LogP) is 1.91. The van der Waals surface area contributed by atoms with Crippen molar-refractivity contribution in [3.63, 3.8) is 0 Å². The molecule has 2 N–H and O–H groups in total. The largest absolute Gasteiger partial charge is 0.370 e. The van der Waals surface area contributed by atoms with E-state index in [0.29, 0.717) is 12.6 Å². The van der Waals surface area contributed by atoms with Crippen LogP contribution in [-0.2, 0) is 9.53 Å². The van der Waals surface area contributed by atoms with Crippen LogP contribution < -0.4 is 10.6 Å². The zero-order chi connectivity index (χ0) is 15.7. The third-order valence-corrected chi connectivity index (χ3v) is 5.41. The van der Waals surface area contributed by atoms with Gasteiger partial charge >= 0.3 is 0 Å². The Kier molecular flexibility index (Phi) is 7.11. The van der Waals surface area contributed by atoms with E-state index in [-0.39, 0.29) is 42.4 Å². The topological polar surface area (TPSA) is 53.6 Å². The zero-order valence-corrected chi connectivity index (χ0v) is 15.9. The highest BCUT2D eigenvalue weighted by molar-refractivity contribution is 5.85. The highest BCUT2D eigenvalue weighted by Crippen LogP contribution is 2.29. The number of nitrogens with one attached hydrogen (secondary N) is 2. The van der Waals surface area contributed by atoms with E-state index in [1.54, 1.807) is 0 Å². The van der Waals surface area contributed by atoms with Crippen LogP contribution in [0.4, 0.5) is 0 Å². The average Bonchev–Trinajstić information content (AvgIpc) is 3.25. The lowest BCUT2D eigenvalue weighted by atomic mass is 10.00. The Bertz CT molecular complexity index is 567. The van der Waals surface area contributed by atoms with Gasteiger partial charge < -0.3 is 15.0 Å². The van der Waals surface area contributed by atoms with Crippen LogP contribution in [0.15, 0.2) is 30.3 Å². The van der Waals surface area contributed by atoms with Crippen molar-refractivity contribution in [1.29, 1.82) is 0 Å². The number of carbonyl (C=O) groups excluding carboxylic acids is 1. The highest BCUT2D eigenvalue weighted by atomic mass is 35.5. The molecule has 0 aromatic heterocycles. The van der Waals surface area contributed by atoms with E-state index in [2.05, 4.69) is 34.9 Å². The molecule has 1 spiro atoms. The number of benzene rings is 1. The first-order chi connectivity index (χ1) is 11.3. The zero-order valence-electron chi connectivity index (χ0n) is 14.3. The summed E-state index contributed by atoms with van der Waals surface area (Å²) in [5.41, 5.74) is 1.13. The van der Waals surface area contributed by atoms with Gasteiger partial charge in [0.15, 0.2) is 0 Å². The van der Waals surface area contributed by atoms with Crippen LogP contribution in [0.25, 0.3) is 0 Å². The van der Waals surface area contributed by atoms with Crippen LogP contribution in [0.3, 0.4) is 0 Å². The first kappa shape index (κ1) is 20.5. The van der Waals surface area contributed by atoms with Crippen molar-refractivity contribution >= 4 is 30.7 Å². The summed E-state index contributed by atoms with van der Waals surface area (Å²) in [5, 5.41) is 6.90. The molecule has 1 aromatic carbocycles. The Hall–Kier alpha value is -0.850. The van der Waals surface area contributed by atoms with E-state index in [1.165, 1.54) is 5.56 Å². The van der Waals surface area contributed by atoms with Crippen LogP contribution in [0.1, 0.15) is 30.9 Å². The van der Waals surface area contributed by atoms with Crippen LogP contribution >= 0.6 is 24.8 Å². The smallest absolute Gasteiger partial charge is 0.239 e. The minimum absolute atomic E-state index is 0. The van der Waals surface area contributed by atoms with Gasteiger partial charge in [-0.2, -0.15) is 0 Å². The Morgan fingerprint density at radius 2 is 2.00 bits per heavy atom. The van der Waals surface area contributed by atoms with E-state index < -0.39 is 0 Å². The first-order valence-corrected chi connectivity index (χ1v) is 8.70. The molecular weight excluding hydrogens is 361 g/mol. The maximum Gasteiger partial charge on any atom is 0.239 e. The summed E-state index contributed by atoms with van der Waals surface area (Å²) in [6.45, 7) is 3.95. The normalized spacial score (nSPS) is 31.4. The van der Waals surface area contributed by atoms with Crippen LogP contribution in [0.5, 0.6) is 0 Å². The van der Waals surface area contributed by atoms with Crippen molar-refractivity contribution in [3.8, 4) is 0 Å². The summed E-state index contributed by atoms with van der Waals surface area (Å²) >= 11 is 0. The molecule has 140 valence electrons. The summed E-state index contributed by atoms with van der Waals surface area (Å²) in [7, 11) is 0. The second-order valence-corrected chi connectivity index (χ2v) is 6.98. The second-order valence-electron chi connectivity index (χ2n) is 6.98. The number of carbonyl (C=O) groups is 1. The average molecular weight is 388 g/mol. The third kappa shape index (κ3) is 4.29. The van der Waals surface area contributed by atoms with Gasteiger partial charge in [0.1, 0.15) is 0 Å². The minimum atomic E-state index is -0.147. The van der Waals surface area contributed by atoms with Crippen molar-refractivity contribution in [2.75, 3.05) is 32.8 Å². The van der Waals surface area contributed by atoms with E-state index in [1.807, 2.05) is 11.0 Å². The maximum absolute atomic E-state index is 12.9. The lowest BCUT2D eigenvalue weighted by Crippen LogP contribution is -2.57. The summed E-state index contributed by atoms with van der Waals surface area (Å²) in [6, 6.07) is 10.7. The van der Waals surface area contributed by atoms with Crippen LogP contribution in [0, 0.1) is 0 Å². The molecule has 0 saturated carbocycles. The molecule has 4 rings (SSSR count). The summed E-state index contributed by atoms with van der Waals surface area (Å²) in [6.07, 6.45) is 2.94. The molecule has 3 saturated heterocycles. The number of rotatable bonds is 2. The van der Waals surface area contributed by atoms with Crippen molar-refractivity contribution in [1.82, 2.24) is 15.5 Å². The fraction of sp³-hybridized carbons (Fsp3) is 0.611. The van der Waals surface area contributed by atoms with Gasteiger partial charge in [-0.25, -0.2) is 0 Å². The lowest BCUT2D eigenvalue weighted by molar-refractivity contribution is -0.149. The number of amides is 1. The summed E-state index contributed by atoms with van der Waals surface area (Å²) < 4.78 is 5.98. The number of hydrogen-bond acceptors (Lipinski definition) is 4. The number of morpholine rings is 1. The number of hydrogen-bond donors (Lipinski definition) is 2. The third-order valence-electron chi connectivity index (χ3n) is 5.41. The quantitative estimate of drug-likeness (QED) is 0.813. The van der Waals surface area contributed by atoms with Crippen molar-refractivity contribution in [2.45, 2.75) is 36.9 Å². The van der Waals surface area contributed by atoms with Crippen LogP contribution in [0.2, 0.25) is 0 Å². The number of halogens is 2. The Morgan fingerprint density at radius 3 is 2.72 bits per heavy atom. The second kappa shape index (κ2) is 8.69. The van der Waals surface area contributed by atoms with E-state index >= 15 is 0 Å². The molecule has 0 bridgehead atoms. The lowest BCUT2D eigenvalue weighted by Gasteiger charge is -2.41. The number of ether oxygens (including phenoxy) is 1. The Morgan fingerprint density at radius 1 is 1.20 bits per heavy atom. The fourth-order valence-corrected chi connectivity index (χ4v) is 4.12. The maximum atomic E-state index is 12.9. The Balaban J connectivity index is 0.00000113. The Labute approximate surface area is 161 Å². The molecule has 3 aliphatic heterocycles. The molecule has 0 aliphatic carbocycles. The van der Waals surface area contributed by atoms with Gasteiger partial charge in [0, 0.05) is 19.1 Å². The van der Waals surface area contributed by atoms with E-state index in [9.17, 15) is 4.79 Å². The highest BCUT2D eigenvalue weighted by Gasteiger charge is 2.42. The molecule has 3 aliphatic rings. The molecule has 7 heteroatoms. The molecule has 1 aromatic rings. The summed E-state index contributed by atoms with van der Waals surface area (Å²) in [4.78, 5) is 14.9. The molecule has 0 radical (unpaired) electrons. The van der Waals surface area contributed by atoms with Gasteiger partial charge in [0.2, 0.25) is 5.91 Å². The molecule has 3 fully saturated rings. The fourth-order valence-electron chi connectivity index (χ4n) is 4.12.